The van der Waals surface area contributed by atoms with Gasteiger partial charge in [-0.2, -0.15) is 0 Å². The number of aliphatic hydroxyl groups excluding tert-OH is 3. The van der Waals surface area contributed by atoms with Crippen molar-refractivity contribution in [2.24, 2.45) is 0 Å². The summed E-state index contributed by atoms with van der Waals surface area (Å²) in [5.41, 5.74) is 2.26. The van der Waals surface area contributed by atoms with E-state index < -0.39 is 18.0 Å². The Hall–Kier alpha value is -0.980. The van der Waals surface area contributed by atoms with Crippen LogP contribution in [-0.4, -0.2) is 52.6 Å². The minimum Gasteiger partial charge on any atom is -0.396 e. The van der Waals surface area contributed by atoms with Crippen LogP contribution in [0, 0.1) is 0 Å². The van der Waals surface area contributed by atoms with Gasteiger partial charge in [0.25, 0.3) is 0 Å². The van der Waals surface area contributed by atoms with Gasteiger partial charge >= 0.3 is 0 Å². The lowest BCUT2D eigenvalue weighted by Crippen LogP contribution is -2.60. The second-order valence-corrected chi connectivity index (χ2v) is 5.86. The fourth-order valence-corrected chi connectivity index (χ4v) is 3.30. The average molecular weight is 294 g/mol. The molecule has 116 valence electrons. The van der Waals surface area contributed by atoms with Gasteiger partial charge in [-0.25, -0.2) is 0 Å². The zero-order valence-corrected chi connectivity index (χ0v) is 11.9. The molecular weight excluding hydrogens is 272 g/mol. The summed E-state index contributed by atoms with van der Waals surface area (Å²) in [7, 11) is 0. The SMILES string of the molecule is OCC[C@H]1C[C@H](O)[C@@H](O)[C@@]2(Cc3ccccc3CCO2)O1. The highest BCUT2D eigenvalue weighted by Gasteiger charge is 2.51. The molecule has 1 aromatic rings. The van der Waals surface area contributed by atoms with E-state index in [-0.39, 0.29) is 12.7 Å². The first-order valence-corrected chi connectivity index (χ1v) is 7.50. The quantitative estimate of drug-likeness (QED) is 0.735. The van der Waals surface area contributed by atoms with Crippen LogP contribution in [0.2, 0.25) is 0 Å². The average Bonchev–Trinajstić information content (AvgIpc) is 2.65. The van der Waals surface area contributed by atoms with E-state index in [1.165, 1.54) is 5.56 Å². The highest BCUT2D eigenvalue weighted by molar-refractivity contribution is 5.30. The maximum Gasteiger partial charge on any atom is 0.201 e. The number of aliphatic hydroxyl groups is 3. The summed E-state index contributed by atoms with van der Waals surface area (Å²) in [4.78, 5) is 0. The molecule has 4 atom stereocenters. The molecule has 5 nitrogen and oxygen atoms in total. The van der Waals surface area contributed by atoms with Gasteiger partial charge in [0.1, 0.15) is 6.10 Å². The van der Waals surface area contributed by atoms with Crippen LogP contribution in [0.15, 0.2) is 24.3 Å². The Morgan fingerprint density at radius 1 is 1.19 bits per heavy atom. The Labute approximate surface area is 124 Å². The zero-order valence-electron chi connectivity index (χ0n) is 11.9. The molecule has 0 saturated carbocycles. The second-order valence-electron chi connectivity index (χ2n) is 5.86. The Balaban J connectivity index is 1.90. The lowest BCUT2D eigenvalue weighted by atomic mass is 9.88. The number of fused-ring (bicyclic) bond motifs is 1. The van der Waals surface area contributed by atoms with E-state index in [0.717, 1.165) is 12.0 Å². The topological polar surface area (TPSA) is 79.2 Å². The van der Waals surface area contributed by atoms with Crippen molar-refractivity contribution in [3.05, 3.63) is 35.4 Å². The van der Waals surface area contributed by atoms with Crippen LogP contribution in [0.5, 0.6) is 0 Å². The molecule has 0 unspecified atom stereocenters. The highest BCUT2D eigenvalue weighted by Crippen LogP contribution is 2.37. The summed E-state index contributed by atoms with van der Waals surface area (Å²) in [5, 5.41) is 29.7. The van der Waals surface area contributed by atoms with E-state index in [1.54, 1.807) is 0 Å². The summed E-state index contributed by atoms with van der Waals surface area (Å²) in [5.74, 6) is -1.22. The van der Waals surface area contributed by atoms with Crippen LogP contribution < -0.4 is 0 Å². The van der Waals surface area contributed by atoms with Gasteiger partial charge in [-0.15, -0.1) is 0 Å². The smallest absolute Gasteiger partial charge is 0.201 e. The molecule has 1 fully saturated rings. The van der Waals surface area contributed by atoms with Crippen LogP contribution in [-0.2, 0) is 22.3 Å². The van der Waals surface area contributed by atoms with Gasteiger partial charge in [-0.3, -0.25) is 0 Å². The molecule has 3 N–H and O–H groups in total. The van der Waals surface area contributed by atoms with Crippen molar-refractivity contribution < 1.29 is 24.8 Å². The first-order valence-electron chi connectivity index (χ1n) is 7.50. The minimum absolute atomic E-state index is 0.0137. The van der Waals surface area contributed by atoms with Crippen molar-refractivity contribution in [2.75, 3.05) is 13.2 Å². The van der Waals surface area contributed by atoms with Gasteiger partial charge in [0.15, 0.2) is 0 Å². The minimum atomic E-state index is -1.22. The first kappa shape index (κ1) is 14.9. The monoisotopic (exact) mass is 294 g/mol. The molecule has 0 bridgehead atoms. The third-order valence-corrected chi connectivity index (χ3v) is 4.41. The largest absolute Gasteiger partial charge is 0.396 e. The molecule has 5 heteroatoms. The van der Waals surface area contributed by atoms with Crippen LogP contribution in [0.3, 0.4) is 0 Å². The third-order valence-electron chi connectivity index (χ3n) is 4.41. The van der Waals surface area contributed by atoms with Crippen molar-refractivity contribution in [1.82, 2.24) is 0 Å². The summed E-state index contributed by atoms with van der Waals surface area (Å²) in [6, 6.07) is 7.99. The lowest BCUT2D eigenvalue weighted by molar-refractivity contribution is -0.339. The lowest BCUT2D eigenvalue weighted by Gasteiger charge is -2.46. The maximum absolute atomic E-state index is 10.4. The number of rotatable bonds is 2. The van der Waals surface area contributed by atoms with Gasteiger partial charge in [-0.1, -0.05) is 24.3 Å². The van der Waals surface area contributed by atoms with Gasteiger partial charge in [-0.05, 0) is 24.0 Å². The molecule has 1 spiro atoms. The normalized spacial score (nSPS) is 36.2. The molecule has 2 aliphatic rings. The standard InChI is InChI=1S/C16H22O5/c17-7-5-13-9-14(18)15(19)16(21-13)10-12-4-2-1-3-11(12)6-8-20-16/h1-4,13-15,17-19H,5-10H2/t13-,14-,15+,16+/m0/s1. The van der Waals surface area contributed by atoms with Crippen LogP contribution in [0.25, 0.3) is 0 Å². The van der Waals surface area contributed by atoms with E-state index in [2.05, 4.69) is 6.07 Å². The summed E-state index contributed by atoms with van der Waals surface area (Å²) in [6.45, 7) is 0.423. The molecular formula is C16H22O5. The molecule has 3 rings (SSSR count). The van der Waals surface area contributed by atoms with Crippen molar-refractivity contribution in [3.8, 4) is 0 Å². The van der Waals surface area contributed by atoms with E-state index in [9.17, 15) is 10.2 Å². The summed E-state index contributed by atoms with van der Waals surface area (Å²) < 4.78 is 11.8. The van der Waals surface area contributed by atoms with Gasteiger partial charge in [0.2, 0.25) is 5.79 Å². The molecule has 2 heterocycles. The second kappa shape index (κ2) is 6.02. The molecule has 21 heavy (non-hydrogen) atoms. The summed E-state index contributed by atoms with van der Waals surface area (Å²) in [6.07, 6.45) is -0.388. The van der Waals surface area contributed by atoms with Gasteiger partial charge in [0.05, 0.1) is 18.8 Å². The number of hydrogen-bond acceptors (Lipinski definition) is 5. The predicted molar refractivity (Wildman–Crippen MR) is 75.7 cm³/mol. The first-order chi connectivity index (χ1) is 10.1. The van der Waals surface area contributed by atoms with Crippen LogP contribution >= 0.6 is 0 Å². The predicted octanol–water partition coefficient (Wildman–Crippen LogP) is 0.391. The Bertz CT molecular complexity index is 491. The molecule has 0 amide bonds. The molecule has 2 aliphatic heterocycles. The Morgan fingerprint density at radius 2 is 1.95 bits per heavy atom. The maximum atomic E-state index is 10.4. The van der Waals surface area contributed by atoms with E-state index >= 15 is 0 Å². The van der Waals surface area contributed by atoms with Gasteiger partial charge < -0.3 is 24.8 Å². The molecule has 0 radical (unpaired) electrons. The van der Waals surface area contributed by atoms with Gasteiger partial charge in [0, 0.05) is 19.4 Å². The highest BCUT2D eigenvalue weighted by atomic mass is 16.7. The Morgan fingerprint density at radius 3 is 2.71 bits per heavy atom. The molecule has 0 aromatic heterocycles. The van der Waals surface area contributed by atoms with Crippen molar-refractivity contribution >= 4 is 0 Å². The van der Waals surface area contributed by atoms with Crippen molar-refractivity contribution in [3.63, 3.8) is 0 Å². The zero-order chi connectivity index (χ0) is 14.9. The third kappa shape index (κ3) is 2.84. The van der Waals surface area contributed by atoms with Crippen LogP contribution in [0.4, 0.5) is 0 Å². The number of ether oxygens (including phenoxy) is 2. The molecule has 0 aliphatic carbocycles. The summed E-state index contributed by atoms with van der Waals surface area (Å²) >= 11 is 0. The number of hydrogen-bond donors (Lipinski definition) is 3. The van der Waals surface area contributed by atoms with E-state index in [1.807, 2.05) is 18.2 Å². The van der Waals surface area contributed by atoms with Crippen molar-refractivity contribution in [2.45, 2.75) is 49.8 Å². The molecule has 1 saturated heterocycles. The van der Waals surface area contributed by atoms with Crippen LogP contribution in [0.1, 0.15) is 24.0 Å². The molecule has 1 aromatic carbocycles. The fraction of sp³-hybridized carbons (Fsp3) is 0.625. The Kier molecular flexibility index (Phi) is 4.28. The van der Waals surface area contributed by atoms with Crippen molar-refractivity contribution in [1.29, 1.82) is 0 Å². The van der Waals surface area contributed by atoms with E-state index in [4.69, 9.17) is 14.6 Å². The number of benzene rings is 1. The fourth-order valence-electron chi connectivity index (χ4n) is 3.30. The van der Waals surface area contributed by atoms with E-state index in [0.29, 0.717) is 25.9 Å².